The first-order chi connectivity index (χ1) is 8.22. The predicted molar refractivity (Wildman–Crippen MR) is 66.2 cm³/mol. The average Bonchev–Trinajstić information content (AvgIpc) is 2.34. The van der Waals surface area contributed by atoms with E-state index in [1.54, 1.807) is 42.5 Å². The summed E-state index contributed by atoms with van der Waals surface area (Å²) in [6, 6.07) is 14.0. The van der Waals surface area contributed by atoms with E-state index in [-0.39, 0.29) is 12.2 Å². The topological polar surface area (TPSA) is 23.8 Å². The van der Waals surface area contributed by atoms with Gasteiger partial charge in [0.25, 0.3) is 0 Å². The molecule has 17 heavy (non-hydrogen) atoms. The molecule has 0 amide bonds. The van der Waals surface area contributed by atoms with Crippen molar-refractivity contribution in [3.8, 4) is 17.2 Å². The molecule has 2 aromatic rings. The van der Waals surface area contributed by atoms with Gasteiger partial charge in [-0.25, -0.2) is 4.39 Å². The van der Waals surface area contributed by atoms with Gasteiger partial charge in [-0.05, 0) is 17.7 Å². The highest BCUT2D eigenvalue weighted by Gasteiger charge is 2.09. The fourth-order valence-corrected chi connectivity index (χ4v) is 1.78. The Bertz CT molecular complexity index is 570. The van der Waals surface area contributed by atoms with Gasteiger partial charge in [-0.3, -0.25) is 0 Å². The SMILES string of the molecule is N#CCc1cccc(-c2ccc(Cl)cc2)c1F. The van der Waals surface area contributed by atoms with Crippen molar-refractivity contribution in [1.29, 1.82) is 5.26 Å². The molecule has 0 aliphatic heterocycles. The molecule has 0 bridgehead atoms. The molecule has 0 atom stereocenters. The first-order valence-corrected chi connectivity index (χ1v) is 5.50. The van der Waals surface area contributed by atoms with E-state index in [2.05, 4.69) is 0 Å². The number of nitrogens with zero attached hydrogens (tertiary/aromatic N) is 1. The van der Waals surface area contributed by atoms with Crippen LogP contribution in [-0.4, -0.2) is 0 Å². The summed E-state index contributed by atoms with van der Waals surface area (Å²) in [5.74, 6) is -0.337. The Kier molecular flexibility index (Phi) is 3.41. The van der Waals surface area contributed by atoms with Crippen molar-refractivity contribution in [3.05, 3.63) is 58.9 Å². The summed E-state index contributed by atoms with van der Waals surface area (Å²) in [6.07, 6.45) is 0.0766. The second-order valence-corrected chi connectivity index (χ2v) is 4.06. The van der Waals surface area contributed by atoms with E-state index in [0.29, 0.717) is 16.1 Å². The Morgan fingerprint density at radius 3 is 2.47 bits per heavy atom. The Morgan fingerprint density at radius 2 is 1.82 bits per heavy atom. The fourth-order valence-electron chi connectivity index (χ4n) is 1.65. The predicted octanol–water partition coefficient (Wildman–Crippen LogP) is 4.21. The average molecular weight is 246 g/mol. The highest BCUT2D eigenvalue weighted by Crippen LogP contribution is 2.26. The second kappa shape index (κ2) is 4.99. The van der Waals surface area contributed by atoms with Crippen LogP contribution < -0.4 is 0 Å². The molecule has 0 aliphatic carbocycles. The van der Waals surface area contributed by atoms with Gasteiger partial charge in [-0.2, -0.15) is 5.26 Å². The Balaban J connectivity index is 2.49. The molecule has 0 aliphatic rings. The van der Waals surface area contributed by atoms with Crippen molar-refractivity contribution >= 4 is 11.6 Å². The van der Waals surface area contributed by atoms with Gasteiger partial charge in [0.1, 0.15) is 5.82 Å². The normalized spacial score (nSPS) is 9.94. The lowest BCUT2D eigenvalue weighted by Gasteiger charge is -2.06. The molecule has 0 saturated carbocycles. The minimum Gasteiger partial charge on any atom is -0.206 e. The third kappa shape index (κ3) is 2.46. The summed E-state index contributed by atoms with van der Waals surface area (Å²) in [6.45, 7) is 0. The summed E-state index contributed by atoms with van der Waals surface area (Å²) in [5.41, 5.74) is 1.67. The summed E-state index contributed by atoms with van der Waals surface area (Å²) in [4.78, 5) is 0. The smallest absolute Gasteiger partial charge is 0.135 e. The Morgan fingerprint density at radius 1 is 1.12 bits per heavy atom. The van der Waals surface area contributed by atoms with E-state index >= 15 is 0 Å². The van der Waals surface area contributed by atoms with E-state index < -0.39 is 0 Å². The van der Waals surface area contributed by atoms with E-state index in [1.807, 2.05) is 6.07 Å². The quantitative estimate of drug-likeness (QED) is 0.777. The third-order valence-corrected chi connectivity index (χ3v) is 2.76. The summed E-state index contributed by atoms with van der Waals surface area (Å²) in [7, 11) is 0. The standard InChI is InChI=1S/C14H9ClFN/c15-12-6-4-10(5-7-12)13-3-1-2-11(8-9-17)14(13)16/h1-7H,8H2. The molecule has 0 spiro atoms. The fraction of sp³-hybridized carbons (Fsp3) is 0.0714. The molecule has 3 heteroatoms. The number of hydrogen-bond donors (Lipinski definition) is 0. The molecule has 0 saturated heterocycles. The molecule has 0 fully saturated rings. The molecule has 0 aromatic heterocycles. The Labute approximate surface area is 104 Å². The first kappa shape index (κ1) is 11.6. The minimum atomic E-state index is -0.337. The van der Waals surface area contributed by atoms with Crippen LogP contribution in [0.2, 0.25) is 5.02 Å². The molecule has 2 aromatic carbocycles. The third-order valence-electron chi connectivity index (χ3n) is 2.50. The number of nitriles is 1. The largest absolute Gasteiger partial charge is 0.206 e. The van der Waals surface area contributed by atoms with Crippen molar-refractivity contribution in [2.24, 2.45) is 0 Å². The molecule has 0 heterocycles. The summed E-state index contributed by atoms with van der Waals surface area (Å²) in [5, 5.41) is 9.22. The van der Waals surface area contributed by atoms with Gasteiger partial charge in [0.15, 0.2) is 0 Å². The van der Waals surface area contributed by atoms with Crippen molar-refractivity contribution in [2.75, 3.05) is 0 Å². The van der Waals surface area contributed by atoms with Crippen molar-refractivity contribution in [2.45, 2.75) is 6.42 Å². The second-order valence-electron chi connectivity index (χ2n) is 3.62. The number of rotatable bonds is 2. The van der Waals surface area contributed by atoms with Crippen LogP contribution in [0.3, 0.4) is 0 Å². The monoisotopic (exact) mass is 245 g/mol. The maximum absolute atomic E-state index is 14.1. The van der Waals surface area contributed by atoms with Gasteiger partial charge in [0.2, 0.25) is 0 Å². The van der Waals surface area contributed by atoms with Crippen LogP contribution in [0, 0.1) is 17.1 Å². The van der Waals surface area contributed by atoms with Crippen molar-refractivity contribution in [1.82, 2.24) is 0 Å². The zero-order valence-electron chi connectivity index (χ0n) is 8.95. The van der Waals surface area contributed by atoms with E-state index in [9.17, 15) is 4.39 Å². The molecule has 0 radical (unpaired) electrons. The van der Waals surface area contributed by atoms with Crippen molar-refractivity contribution in [3.63, 3.8) is 0 Å². The van der Waals surface area contributed by atoms with Crippen LogP contribution in [0.5, 0.6) is 0 Å². The molecule has 2 rings (SSSR count). The number of benzene rings is 2. The maximum Gasteiger partial charge on any atom is 0.135 e. The lowest BCUT2D eigenvalue weighted by Crippen LogP contribution is -1.92. The lowest BCUT2D eigenvalue weighted by molar-refractivity contribution is 0.619. The van der Waals surface area contributed by atoms with Crippen LogP contribution in [0.1, 0.15) is 5.56 Å². The minimum absolute atomic E-state index is 0.0766. The highest BCUT2D eigenvalue weighted by atomic mass is 35.5. The zero-order valence-corrected chi connectivity index (χ0v) is 9.71. The molecule has 1 nitrogen and oxygen atoms in total. The van der Waals surface area contributed by atoms with Gasteiger partial charge in [-0.15, -0.1) is 0 Å². The van der Waals surface area contributed by atoms with Gasteiger partial charge in [0, 0.05) is 16.1 Å². The summed E-state index contributed by atoms with van der Waals surface area (Å²) < 4.78 is 14.1. The van der Waals surface area contributed by atoms with Gasteiger partial charge in [-0.1, -0.05) is 41.9 Å². The van der Waals surface area contributed by atoms with Crippen LogP contribution in [0.4, 0.5) is 4.39 Å². The van der Waals surface area contributed by atoms with E-state index in [1.165, 1.54) is 0 Å². The molecule has 0 N–H and O–H groups in total. The lowest BCUT2D eigenvalue weighted by atomic mass is 10.0. The van der Waals surface area contributed by atoms with Gasteiger partial charge < -0.3 is 0 Å². The van der Waals surface area contributed by atoms with Crippen LogP contribution in [0.25, 0.3) is 11.1 Å². The number of hydrogen-bond acceptors (Lipinski definition) is 1. The van der Waals surface area contributed by atoms with Crippen LogP contribution in [-0.2, 0) is 6.42 Å². The molecule has 0 unspecified atom stereocenters. The number of halogens is 2. The highest BCUT2D eigenvalue weighted by molar-refractivity contribution is 6.30. The van der Waals surface area contributed by atoms with Gasteiger partial charge in [0.05, 0.1) is 12.5 Å². The Hall–Kier alpha value is -1.85. The van der Waals surface area contributed by atoms with E-state index in [4.69, 9.17) is 16.9 Å². The van der Waals surface area contributed by atoms with Crippen molar-refractivity contribution < 1.29 is 4.39 Å². The molecular weight excluding hydrogens is 237 g/mol. The molecular formula is C14H9ClFN. The first-order valence-electron chi connectivity index (χ1n) is 5.12. The van der Waals surface area contributed by atoms with Gasteiger partial charge >= 0.3 is 0 Å². The van der Waals surface area contributed by atoms with E-state index in [0.717, 1.165) is 5.56 Å². The zero-order chi connectivity index (χ0) is 12.3. The molecule has 84 valence electrons. The maximum atomic E-state index is 14.1. The van der Waals surface area contributed by atoms with Crippen LogP contribution >= 0.6 is 11.6 Å². The summed E-state index contributed by atoms with van der Waals surface area (Å²) >= 11 is 5.78. The van der Waals surface area contributed by atoms with Crippen LogP contribution in [0.15, 0.2) is 42.5 Å².